The van der Waals surface area contributed by atoms with Crippen LogP contribution in [0, 0.1) is 0 Å². The fourth-order valence-electron chi connectivity index (χ4n) is 3.35. The lowest BCUT2D eigenvalue weighted by Crippen LogP contribution is -2.40. The van der Waals surface area contributed by atoms with Crippen molar-refractivity contribution in [1.82, 2.24) is 10.3 Å². The molecule has 0 spiro atoms. The van der Waals surface area contributed by atoms with Crippen molar-refractivity contribution in [3.8, 4) is 0 Å². The van der Waals surface area contributed by atoms with Gasteiger partial charge in [-0.2, -0.15) is 0 Å². The van der Waals surface area contributed by atoms with E-state index in [4.69, 9.17) is 33.7 Å². The lowest BCUT2D eigenvalue weighted by atomic mass is 9.74. The minimum atomic E-state index is -0.187. The van der Waals surface area contributed by atoms with Crippen molar-refractivity contribution < 1.29 is 4.74 Å². The number of rotatable bonds is 6. The van der Waals surface area contributed by atoms with Crippen LogP contribution in [0.2, 0.25) is 10.0 Å². The van der Waals surface area contributed by atoms with Crippen LogP contribution in [0.15, 0.2) is 47.6 Å². The van der Waals surface area contributed by atoms with Crippen molar-refractivity contribution in [2.45, 2.75) is 24.7 Å². The number of nitrogens with zero attached hydrogens (tertiary/aromatic N) is 2. The number of guanidine groups is 1. The van der Waals surface area contributed by atoms with Gasteiger partial charge in [0.25, 0.3) is 0 Å². The van der Waals surface area contributed by atoms with Gasteiger partial charge in [-0.15, -0.1) is 24.0 Å². The van der Waals surface area contributed by atoms with Gasteiger partial charge in [-0.3, -0.25) is 9.98 Å². The van der Waals surface area contributed by atoms with Gasteiger partial charge in [0.1, 0.15) is 0 Å². The van der Waals surface area contributed by atoms with Gasteiger partial charge < -0.3 is 15.8 Å². The second-order valence-corrected chi connectivity index (χ2v) is 7.56. The first kappa shape index (κ1) is 23.2. The van der Waals surface area contributed by atoms with E-state index in [1.807, 2.05) is 30.3 Å². The SMILES string of the molecule is I.NC(=NCC1(c2ccc(Cl)cc2Cl)CCOCC1)NCCc1ccccn1. The van der Waals surface area contributed by atoms with Gasteiger partial charge >= 0.3 is 0 Å². The summed E-state index contributed by atoms with van der Waals surface area (Å²) >= 11 is 12.6. The maximum Gasteiger partial charge on any atom is 0.188 e. The van der Waals surface area contributed by atoms with Crippen molar-refractivity contribution in [3.05, 3.63) is 63.9 Å². The highest BCUT2D eigenvalue weighted by molar-refractivity contribution is 14.0. The Morgan fingerprint density at radius 1 is 1.21 bits per heavy atom. The molecule has 152 valence electrons. The summed E-state index contributed by atoms with van der Waals surface area (Å²) in [5.41, 5.74) is 7.98. The quantitative estimate of drug-likeness (QED) is 0.331. The van der Waals surface area contributed by atoms with E-state index in [9.17, 15) is 0 Å². The predicted molar refractivity (Wildman–Crippen MR) is 126 cm³/mol. The molecule has 5 nitrogen and oxygen atoms in total. The van der Waals surface area contributed by atoms with Gasteiger partial charge in [-0.1, -0.05) is 35.3 Å². The number of hydrogen-bond donors (Lipinski definition) is 2. The molecule has 0 radical (unpaired) electrons. The van der Waals surface area contributed by atoms with Crippen LogP contribution in [0.4, 0.5) is 0 Å². The smallest absolute Gasteiger partial charge is 0.188 e. The number of halogens is 3. The maximum absolute atomic E-state index is 6.49. The highest BCUT2D eigenvalue weighted by atomic mass is 127. The second-order valence-electron chi connectivity index (χ2n) is 6.72. The normalized spacial score (nSPS) is 16.3. The Hall–Kier alpha value is -1.09. The lowest BCUT2D eigenvalue weighted by molar-refractivity contribution is 0.0531. The molecule has 8 heteroatoms. The number of hydrogen-bond acceptors (Lipinski definition) is 3. The third-order valence-electron chi connectivity index (χ3n) is 4.92. The molecule has 1 aliphatic heterocycles. The van der Waals surface area contributed by atoms with Gasteiger partial charge in [0, 0.05) is 53.5 Å². The summed E-state index contributed by atoms with van der Waals surface area (Å²) in [6, 6.07) is 11.5. The Labute approximate surface area is 193 Å². The van der Waals surface area contributed by atoms with Crippen molar-refractivity contribution >= 4 is 53.1 Å². The first-order valence-corrected chi connectivity index (χ1v) is 9.82. The summed E-state index contributed by atoms with van der Waals surface area (Å²) in [6.07, 6.45) is 4.27. The van der Waals surface area contributed by atoms with E-state index in [0.717, 1.165) is 30.5 Å². The summed E-state index contributed by atoms with van der Waals surface area (Å²) in [5.74, 6) is 0.432. The number of aromatic nitrogens is 1. The van der Waals surface area contributed by atoms with Gasteiger partial charge in [0.15, 0.2) is 5.96 Å². The van der Waals surface area contributed by atoms with Crippen molar-refractivity contribution in [1.29, 1.82) is 0 Å². The van der Waals surface area contributed by atoms with E-state index in [2.05, 4.69) is 15.3 Å². The summed E-state index contributed by atoms with van der Waals surface area (Å²) < 4.78 is 5.56. The first-order chi connectivity index (χ1) is 13.1. The summed E-state index contributed by atoms with van der Waals surface area (Å²) in [5, 5.41) is 4.46. The molecule has 1 saturated heterocycles. The average molecular weight is 535 g/mol. The van der Waals surface area contributed by atoms with E-state index in [1.54, 1.807) is 12.3 Å². The molecule has 1 aliphatic rings. The number of benzene rings is 1. The van der Waals surface area contributed by atoms with Gasteiger partial charge in [-0.25, -0.2) is 0 Å². The molecule has 0 amide bonds. The van der Waals surface area contributed by atoms with Crippen LogP contribution in [-0.2, 0) is 16.6 Å². The highest BCUT2D eigenvalue weighted by Gasteiger charge is 2.36. The Balaban J connectivity index is 0.00000280. The van der Waals surface area contributed by atoms with Crippen LogP contribution in [0.3, 0.4) is 0 Å². The van der Waals surface area contributed by atoms with Crippen LogP contribution < -0.4 is 11.1 Å². The zero-order valence-corrected chi connectivity index (χ0v) is 19.4. The molecule has 1 aromatic heterocycles. The largest absolute Gasteiger partial charge is 0.381 e. The molecule has 3 rings (SSSR count). The molecule has 28 heavy (non-hydrogen) atoms. The van der Waals surface area contributed by atoms with E-state index in [1.165, 1.54) is 0 Å². The number of pyridine rings is 1. The second kappa shape index (κ2) is 11.2. The zero-order chi connectivity index (χ0) is 19.1. The summed E-state index contributed by atoms with van der Waals surface area (Å²) in [4.78, 5) is 8.91. The van der Waals surface area contributed by atoms with Crippen LogP contribution in [0.25, 0.3) is 0 Å². The summed E-state index contributed by atoms with van der Waals surface area (Å²) in [6.45, 7) is 2.60. The van der Waals surface area contributed by atoms with Crippen LogP contribution in [-0.4, -0.2) is 37.2 Å². The molecule has 1 fully saturated rings. The van der Waals surface area contributed by atoms with Crippen LogP contribution in [0.5, 0.6) is 0 Å². The first-order valence-electron chi connectivity index (χ1n) is 9.06. The monoisotopic (exact) mass is 534 g/mol. The van der Waals surface area contributed by atoms with Gasteiger partial charge in [0.2, 0.25) is 0 Å². The van der Waals surface area contributed by atoms with E-state index >= 15 is 0 Å². The van der Waals surface area contributed by atoms with Crippen molar-refractivity contribution in [2.75, 3.05) is 26.3 Å². The third-order valence-corrected chi connectivity index (χ3v) is 5.47. The summed E-state index contributed by atoms with van der Waals surface area (Å²) in [7, 11) is 0. The molecule has 2 heterocycles. The Kier molecular flexibility index (Phi) is 9.27. The van der Waals surface area contributed by atoms with Gasteiger partial charge in [0.05, 0.1) is 6.54 Å². The number of nitrogens with two attached hydrogens (primary N) is 1. The number of ether oxygens (including phenoxy) is 1. The van der Waals surface area contributed by atoms with E-state index < -0.39 is 0 Å². The molecular formula is C20H25Cl2IN4O. The predicted octanol–water partition coefficient (Wildman–Crippen LogP) is 4.20. The third kappa shape index (κ3) is 6.20. The molecule has 3 N–H and O–H groups in total. The van der Waals surface area contributed by atoms with Crippen molar-refractivity contribution in [3.63, 3.8) is 0 Å². The van der Waals surface area contributed by atoms with Crippen LogP contribution >= 0.6 is 47.2 Å². The zero-order valence-electron chi connectivity index (χ0n) is 15.5. The Bertz CT molecular complexity index is 783. The molecule has 0 saturated carbocycles. The fourth-order valence-corrected chi connectivity index (χ4v) is 3.96. The van der Waals surface area contributed by atoms with E-state index in [-0.39, 0.29) is 29.4 Å². The Morgan fingerprint density at radius 2 is 2.00 bits per heavy atom. The Morgan fingerprint density at radius 3 is 2.68 bits per heavy atom. The fraction of sp³-hybridized carbons (Fsp3) is 0.400. The molecule has 2 aromatic rings. The molecule has 0 unspecified atom stereocenters. The number of aliphatic imine (C=N–C) groups is 1. The molecule has 0 atom stereocenters. The highest BCUT2D eigenvalue weighted by Crippen LogP contribution is 2.39. The molecule has 1 aromatic carbocycles. The molecular weight excluding hydrogens is 510 g/mol. The topological polar surface area (TPSA) is 72.5 Å². The molecule has 0 aliphatic carbocycles. The standard InChI is InChI=1S/C20H24Cl2N4O.HI/c21-15-4-5-17(18(22)13-15)20(7-11-27-12-8-20)14-26-19(23)25-10-6-16-3-1-2-9-24-16;/h1-5,9,13H,6-8,10-12,14H2,(H3,23,25,26);1H. The van der Waals surface area contributed by atoms with Gasteiger partial charge in [-0.05, 0) is 42.7 Å². The molecule has 0 bridgehead atoms. The average Bonchev–Trinajstić information content (AvgIpc) is 2.68. The van der Waals surface area contributed by atoms with E-state index in [0.29, 0.717) is 42.3 Å². The van der Waals surface area contributed by atoms with Crippen molar-refractivity contribution in [2.24, 2.45) is 10.7 Å². The lowest BCUT2D eigenvalue weighted by Gasteiger charge is -2.37. The minimum absolute atomic E-state index is 0. The minimum Gasteiger partial charge on any atom is -0.381 e. The number of nitrogens with one attached hydrogen (secondary N) is 1. The van der Waals surface area contributed by atoms with Crippen LogP contribution in [0.1, 0.15) is 24.1 Å². The maximum atomic E-state index is 6.49.